The quantitative estimate of drug-likeness (QED) is 0.119. The van der Waals surface area contributed by atoms with E-state index in [2.05, 4.69) is 26.0 Å². The third-order valence-electron chi connectivity index (χ3n) is 7.55. The van der Waals surface area contributed by atoms with Crippen molar-refractivity contribution in [2.45, 2.75) is 37.9 Å². The number of esters is 1. The summed E-state index contributed by atoms with van der Waals surface area (Å²) in [5.74, 6) is 1.27. The number of nitriles is 2. The minimum atomic E-state index is -1.52. The van der Waals surface area contributed by atoms with Crippen molar-refractivity contribution in [3.8, 4) is 29.4 Å². The monoisotopic (exact) mass is 592 g/mol. The predicted molar refractivity (Wildman–Crippen MR) is 172 cm³/mol. The molecule has 0 radical (unpaired) electrons. The van der Waals surface area contributed by atoms with Gasteiger partial charge in [0.1, 0.15) is 29.4 Å². The Bertz CT molecular complexity index is 1820. The zero-order chi connectivity index (χ0) is 31.9. The third kappa shape index (κ3) is 6.42. The van der Waals surface area contributed by atoms with Gasteiger partial charge in [-0.05, 0) is 72.1 Å². The number of ether oxygens (including phenoxy) is 3. The van der Waals surface area contributed by atoms with Gasteiger partial charge in [0.25, 0.3) is 0 Å². The molecule has 2 atom stereocenters. The molecule has 6 heteroatoms. The second-order valence-electron chi connectivity index (χ2n) is 10.9. The smallest absolute Gasteiger partial charge is 0.308 e. The number of carbonyl (C=O) groups excluding carboxylic acids is 1. The van der Waals surface area contributed by atoms with Crippen molar-refractivity contribution in [2.24, 2.45) is 0 Å². The highest BCUT2D eigenvalue weighted by atomic mass is 16.5. The fraction of sp³-hybridized carbons (Fsp3) is 0.154. The minimum absolute atomic E-state index is 0.364. The average molecular weight is 593 g/mol. The molecular weight excluding hydrogens is 560 g/mol. The maximum atomic E-state index is 11.4. The van der Waals surface area contributed by atoms with E-state index in [1.54, 1.807) is 48.5 Å². The van der Waals surface area contributed by atoms with Crippen LogP contribution in [0.1, 0.15) is 54.5 Å². The second kappa shape index (κ2) is 13.2. The van der Waals surface area contributed by atoms with Gasteiger partial charge >= 0.3 is 5.97 Å². The van der Waals surface area contributed by atoms with Crippen LogP contribution in [0.25, 0.3) is 0 Å². The lowest BCUT2D eigenvalue weighted by Gasteiger charge is -2.31. The molecule has 5 aromatic carbocycles. The van der Waals surface area contributed by atoms with Crippen molar-refractivity contribution in [1.29, 1.82) is 10.5 Å². The summed E-state index contributed by atoms with van der Waals surface area (Å²) in [5, 5.41) is 21.3. The molecule has 0 bridgehead atoms. The summed E-state index contributed by atoms with van der Waals surface area (Å²) in [4.78, 5) is 11.4. The van der Waals surface area contributed by atoms with Gasteiger partial charge in [0.2, 0.25) is 11.2 Å². The van der Waals surface area contributed by atoms with Gasteiger partial charge < -0.3 is 14.2 Å². The Morgan fingerprint density at radius 3 is 1.27 bits per heavy atom. The lowest BCUT2D eigenvalue weighted by atomic mass is 9.86. The highest BCUT2D eigenvalue weighted by Crippen LogP contribution is 2.39. The molecule has 6 nitrogen and oxygen atoms in total. The van der Waals surface area contributed by atoms with Crippen LogP contribution >= 0.6 is 0 Å². The zero-order valence-electron chi connectivity index (χ0n) is 25.3. The molecule has 0 fully saturated rings. The first-order valence-electron chi connectivity index (χ1n) is 14.6. The van der Waals surface area contributed by atoms with Crippen LogP contribution in [0.2, 0.25) is 0 Å². The van der Waals surface area contributed by atoms with E-state index in [0.717, 1.165) is 0 Å². The molecule has 0 saturated carbocycles. The number of hydrogen-bond acceptors (Lipinski definition) is 6. The Kier molecular flexibility index (Phi) is 8.98. The number of nitrogens with zero attached hydrogens (tertiary/aromatic N) is 2. The Morgan fingerprint density at radius 2 is 0.911 bits per heavy atom. The van der Waals surface area contributed by atoms with E-state index in [9.17, 15) is 15.3 Å². The fourth-order valence-electron chi connectivity index (χ4n) is 5.17. The van der Waals surface area contributed by atoms with Gasteiger partial charge in [0.05, 0.1) is 0 Å². The van der Waals surface area contributed by atoms with Gasteiger partial charge in [0, 0.05) is 29.2 Å². The fourth-order valence-corrected chi connectivity index (χ4v) is 5.17. The maximum absolute atomic E-state index is 11.4. The van der Waals surface area contributed by atoms with Gasteiger partial charge in [-0.15, -0.1) is 0 Å². The van der Waals surface area contributed by atoms with E-state index in [1.165, 1.54) is 12.5 Å². The first-order valence-corrected chi connectivity index (χ1v) is 14.6. The van der Waals surface area contributed by atoms with Gasteiger partial charge in [-0.25, -0.2) is 0 Å². The largest absolute Gasteiger partial charge is 0.464 e. The summed E-state index contributed by atoms with van der Waals surface area (Å²) in [7, 11) is 0. The van der Waals surface area contributed by atoms with Crippen molar-refractivity contribution >= 4 is 5.97 Å². The van der Waals surface area contributed by atoms with Crippen LogP contribution in [-0.4, -0.2) is 5.97 Å². The topological polar surface area (TPSA) is 92.3 Å². The molecule has 0 saturated heterocycles. The Hall–Kier alpha value is -5.85. The molecule has 222 valence electrons. The number of rotatable bonds is 10. The predicted octanol–water partition coefficient (Wildman–Crippen LogP) is 8.43. The molecule has 5 rings (SSSR count). The number of benzene rings is 5. The molecule has 0 heterocycles. The Morgan fingerprint density at radius 1 is 0.556 bits per heavy atom. The summed E-state index contributed by atoms with van der Waals surface area (Å²) in [6.07, 6.45) is 0. The van der Waals surface area contributed by atoms with Crippen molar-refractivity contribution in [1.82, 2.24) is 0 Å². The van der Waals surface area contributed by atoms with E-state index in [1.807, 2.05) is 84.9 Å². The van der Waals surface area contributed by atoms with Crippen molar-refractivity contribution in [2.75, 3.05) is 0 Å². The first kappa shape index (κ1) is 30.6. The SMILES string of the molecule is CC(=O)Oc1ccc([C@@](C#N)(Oc2ccc([C@@](C#N)(Oc3ccc(C(C)C)cc3)c3ccccc3)cc2)c2ccccc2)cc1. The molecule has 45 heavy (non-hydrogen) atoms. The molecular formula is C39H32N2O4. The van der Waals surface area contributed by atoms with E-state index in [0.29, 0.717) is 45.4 Å². The zero-order valence-corrected chi connectivity index (χ0v) is 25.3. The summed E-state index contributed by atoms with van der Waals surface area (Å²) in [5.41, 5.74) is 0.671. The molecule has 5 aromatic rings. The van der Waals surface area contributed by atoms with Crippen LogP contribution in [0.5, 0.6) is 17.2 Å². The van der Waals surface area contributed by atoms with Gasteiger partial charge in [0.15, 0.2) is 0 Å². The van der Waals surface area contributed by atoms with E-state index >= 15 is 0 Å². The van der Waals surface area contributed by atoms with E-state index in [-0.39, 0.29) is 0 Å². The highest BCUT2D eigenvalue weighted by molar-refractivity contribution is 5.69. The van der Waals surface area contributed by atoms with E-state index < -0.39 is 17.2 Å². The van der Waals surface area contributed by atoms with Crippen LogP contribution in [0.3, 0.4) is 0 Å². The average Bonchev–Trinajstić information content (AvgIpc) is 3.08. The lowest BCUT2D eigenvalue weighted by Crippen LogP contribution is -2.34. The molecule has 0 aliphatic rings. The molecule has 0 unspecified atom stereocenters. The van der Waals surface area contributed by atoms with Gasteiger partial charge in [-0.3, -0.25) is 4.79 Å². The minimum Gasteiger partial charge on any atom is -0.464 e. The van der Waals surface area contributed by atoms with Crippen LogP contribution in [-0.2, 0) is 16.0 Å². The summed E-state index contributed by atoms with van der Waals surface area (Å²) < 4.78 is 18.2. The van der Waals surface area contributed by atoms with E-state index in [4.69, 9.17) is 14.2 Å². The Labute approximate surface area is 263 Å². The van der Waals surface area contributed by atoms with Crippen LogP contribution in [0.4, 0.5) is 0 Å². The normalized spacial score (nSPS) is 13.4. The molecule has 0 aromatic heterocycles. The summed E-state index contributed by atoms with van der Waals surface area (Å²) >= 11 is 0. The van der Waals surface area contributed by atoms with Gasteiger partial charge in [-0.1, -0.05) is 86.6 Å². The van der Waals surface area contributed by atoms with Crippen LogP contribution in [0.15, 0.2) is 133 Å². The Balaban J connectivity index is 1.54. The third-order valence-corrected chi connectivity index (χ3v) is 7.55. The number of carbonyl (C=O) groups is 1. The highest BCUT2D eigenvalue weighted by Gasteiger charge is 2.39. The van der Waals surface area contributed by atoms with Crippen molar-refractivity contribution in [3.63, 3.8) is 0 Å². The second-order valence-corrected chi connectivity index (χ2v) is 10.9. The van der Waals surface area contributed by atoms with Crippen molar-refractivity contribution < 1.29 is 19.0 Å². The van der Waals surface area contributed by atoms with Crippen molar-refractivity contribution in [3.05, 3.63) is 161 Å². The summed E-state index contributed by atoms with van der Waals surface area (Å²) in [6, 6.07) is 44.9. The molecule has 0 aliphatic heterocycles. The maximum Gasteiger partial charge on any atom is 0.308 e. The molecule has 0 spiro atoms. The number of hydrogen-bond donors (Lipinski definition) is 0. The molecule has 0 aliphatic carbocycles. The molecule has 0 N–H and O–H groups in total. The van der Waals surface area contributed by atoms with Gasteiger partial charge in [-0.2, -0.15) is 10.5 Å². The van der Waals surface area contributed by atoms with Crippen LogP contribution < -0.4 is 14.2 Å². The lowest BCUT2D eigenvalue weighted by molar-refractivity contribution is -0.131. The molecule has 0 amide bonds. The first-order chi connectivity index (χ1) is 21.8. The summed E-state index contributed by atoms with van der Waals surface area (Å²) in [6.45, 7) is 5.58. The van der Waals surface area contributed by atoms with Crippen LogP contribution in [0, 0.1) is 22.7 Å². The standard InChI is InChI=1S/C39H32N2O4/c1-28(2)30-14-20-36(21-15-30)44-39(27-41,32-12-8-5-9-13-32)34-18-24-37(25-19-34)45-38(26-40,31-10-6-4-7-11-31)33-16-22-35(23-17-33)43-29(3)42/h4-25,28H,1-3H3/t38-,39-/m0/s1.